The number of amides is 1. The number of H-pyrrole nitrogens is 1. The Kier molecular flexibility index (Phi) is 4.73. The molecule has 1 aliphatic rings. The quantitative estimate of drug-likeness (QED) is 0.659. The highest BCUT2D eigenvalue weighted by atomic mass is 32.1. The molecule has 0 unspecified atom stereocenters. The van der Waals surface area contributed by atoms with Gasteiger partial charge in [0, 0.05) is 35.4 Å². The van der Waals surface area contributed by atoms with E-state index < -0.39 is 0 Å². The lowest BCUT2D eigenvalue weighted by Gasteiger charge is -2.25. The molecule has 3 heterocycles. The fourth-order valence-electron chi connectivity index (χ4n) is 2.37. The fraction of sp³-hybridized carbons (Fsp3) is 0.400. The van der Waals surface area contributed by atoms with E-state index in [0.29, 0.717) is 18.9 Å². The van der Waals surface area contributed by atoms with E-state index in [1.807, 2.05) is 19.9 Å². The Bertz CT molecular complexity index is 715. The number of hydrazone groups is 1. The first-order chi connectivity index (χ1) is 11.1. The van der Waals surface area contributed by atoms with Crippen molar-refractivity contribution in [1.29, 1.82) is 0 Å². The fourth-order valence-corrected chi connectivity index (χ4v) is 3.23. The van der Waals surface area contributed by atoms with Crippen molar-refractivity contribution in [3.8, 4) is 0 Å². The highest BCUT2D eigenvalue weighted by molar-refractivity contribution is 7.13. The van der Waals surface area contributed by atoms with Crippen LogP contribution in [0.2, 0.25) is 0 Å². The number of hydrogen-bond acceptors (Lipinski definition) is 6. The molecule has 2 aromatic rings. The molecule has 2 aromatic heterocycles. The van der Waals surface area contributed by atoms with Crippen LogP contribution < -0.4 is 10.3 Å². The molecule has 0 spiro atoms. The number of ether oxygens (including phenoxy) is 1. The second kappa shape index (κ2) is 6.93. The van der Waals surface area contributed by atoms with E-state index in [1.54, 1.807) is 11.6 Å². The van der Waals surface area contributed by atoms with Crippen molar-refractivity contribution in [2.24, 2.45) is 5.10 Å². The minimum atomic E-state index is -0.304. The number of nitrogens with zero attached hydrogens (tertiary/aromatic N) is 3. The lowest BCUT2D eigenvalue weighted by Crippen LogP contribution is -2.36. The molecule has 0 bridgehead atoms. The van der Waals surface area contributed by atoms with Crippen LogP contribution in [0.15, 0.2) is 16.5 Å². The number of morpholine rings is 1. The number of aryl methyl sites for hydroxylation is 2. The van der Waals surface area contributed by atoms with Crippen LogP contribution in [-0.2, 0) is 4.74 Å². The number of aromatic amines is 1. The normalized spacial score (nSPS) is 15.3. The Morgan fingerprint density at radius 2 is 2.26 bits per heavy atom. The number of rotatable bonds is 4. The Morgan fingerprint density at radius 1 is 1.48 bits per heavy atom. The summed E-state index contributed by atoms with van der Waals surface area (Å²) in [4.78, 5) is 21.8. The summed E-state index contributed by atoms with van der Waals surface area (Å²) in [5.41, 5.74) is 5.93. The van der Waals surface area contributed by atoms with Crippen molar-refractivity contribution in [2.45, 2.75) is 13.8 Å². The van der Waals surface area contributed by atoms with Crippen LogP contribution in [0, 0.1) is 13.8 Å². The second-order valence-electron chi connectivity index (χ2n) is 5.35. The summed E-state index contributed by atoms with van der Waals surface area (Å²) in [6.45, 7) is 6.94. The van der Waals surface area contributed by atoms with Crippen LogP contribution in [0.3, 0.4) is 0 Å². The molecule has 0 atom stereocenters. The van der Waals surface area contributed by atoms with Gasteiger partial charge >= 0.3 is 0 Å². The molecule has 122 valence electrons. The van der Waals surface area contributed by atoms with Crippen LogP contribution in [0.25, 0.3) is 0 Å². The third kappa shape index (κ3) is 3.77. The number of carbonyl (C=O) groups excluding carboxylic acids is 1. The number of hydrogen-bond donors (Lipinski definition) is 2. The summed E-state index contributed by atoms with van der Waals surface area (Å²) in [7, 11) is 0. The molecular weight excluding hydrogens is 314 g/mol. The van der Waals surface area contributed by atoms with Crippen LogP contribution in [-0.4, -0.2) is 48.4 Å². The monoisotopic (exact) mass is 333 g/mol. The summed E-state index contributed by atoms with van der Waals surface area (Å²) in [6.07, 6.45) is 1.63. The predicted octanol–water partition coefficient (Wildman–Crippen LogP) is 1.69. The molecule has 1 saturated heterocycles. The van der Waals surface area contributed by atoms with Gasteiger partial charge in [-0.25, -0.2) is 10.4 Å². The third-order valence-electron chi connectivity index (χ3n) is 3.57. The van der Waals surface area contributed by atoms with Gasteiger partial charge in [-0.3, -0.25) is 4.79 Å². The van der Waals surface area contributed by atoms with Gasteiger partial charge in [0.05, 0.1) is 19.4 Å². The average Bonchev–Trinajstić information content (AvgIpc) is 3.15. The Labute approximate surface area is 138 Å². The van der Waals surface area contributed by atoms with Crippen molar-refractivity contribution >= 4 is 28.6 Å². The van der Waals surface area contributed by atoms with Gasteiger partial charge < -0.3 is 14.6 Å². The van der Waals surface area contributed by atoms with E-state index in [-0.39, 0.29) is 5.91 Å². The lowest BCUT2D eigenvalue weighted by molar-refractivity contribution is 0.0951. The van der Waals surface area contributed by atoms with Crippen molar-refractivity contribution in [3.05, 3.63) is 34.1 Å². The molecule has 23 heavy (non-hydrogen) atoms. The van der Waals surface area contributed by atoms with Gasteiger partial charge in [-0.2, -0.15) is 5.10 Å². The van der Waals surface area contributed by atoms with Crippen molar-refractivity contribution in [3.63, 3.8) is 0 Å². The first-order valence-electron chi connectivity index (χ1n) is 7.41. The first-order valence-corrected chi connectivity index (χ1v) is 8.29. The molecule has 8 heteroatoms. The second-order valence-corrected chi connectivity index (χ2v) is 6.18. The SMILES string of the molecule is Cc1cc(/C=N/NC(=O)c2csc(N3CCOCC3)n2)c(C)[nH]1. The van der Waals surface area contributed by atoms with Gasteiger partial charge in [-0.1, -0.05) is 0 Å². The Morgan fingerprint density at radius 3 is 2.96 bits per heavy atom. The molecular formula is C15H19N5O2S. The molecule has 1 amide bonds. The van der Waals surface area contributed by atoms with Crippen LogP contribution >= 0.6 is 11.3 Å². The zero-order chi connectivity index (χ0) is 16.2. The Balaban J connectivity index is 1.60. The number of thiazole rings is 1. The van der Waals surface area contributed by atoms with Crippen LogP contribution in [0.1, 0.15) is 27.4 Å². The molecule has 0 saturated carbocycles. The molecule has 3 rings (SSSR count). The standard InChI is InChI=1S/C15H19N5O2S/c1-10-7-12(11(2)17-10)8-16-19-14(21)13-9-23-15(18-13)20-3-5-22-6-4-20/h7-9,17H,3-6H2,1-2H3,(H,19,21)/b16-8+. The molecule has 1 fully saturated rings. The average molecular weight is 333 g/mol. The highest BCUT2D eigenvalue weighted by Crippen LogP contribution is 2.21. The van der Waals surface area contributed by atoms with Gasteiger partial charge in [0.15, 0.2) is 5.13 Å². The zero-order valence-corrected chi connectivity index (χ0v) is 13.9. The predicted molar refractivity (Wildman–Crippen MR) is 90.5 cm³/mol. The van der Waals surface area contributed by atoms with Crippen molar-refractivity contribution in [2.75, 3.05) is 31.2 Å². The van der Waals surface area contributed by atoms with E-state index in [9.17, 15) is 4.79 Å². The summed E-state index contributed by atoms with van der Waals surface area (Å²) >= 11 is 1.46. The van der Waals surface area contributed by atoms with Gasteiger partial charge in [0.1, 0.15) is 5.69 Å². The molecule has 1 aliphatic heterocycles. The summed E-state index contributed by atoms with van der Waals surface area (Å²) in [5, 5.41) is 6.60. The number of carbonyl (C=O) groups is 1. The minimum absolute atomic E-state index is 0.304. The van der Waals surface area contributed by atoms with E-state index in [4.69, 9.17) is 4.74 Å². The summed E-state index contributed by atoms with van der Waals surface area (Å²) in [6, 6.07) is 1.98. The van der Waals surface area contributed by atoms with Gasteiger partial charge in [-0.15, -0.1) is 11.3 Å². The number of aromatic nitrogens is 2. The van der Waals surface area contributed by atoms with Crippen molar-refractivity contribution < 1.29 is 9.53 Å². The molecule has 2 N–H and O–H groups in total. The number of anilines is 1. The molecule has 0 aromatic carbocycles. The van der Waals surface area contributed by atoms with Crippen LogP contribution in [0.5, 0.6) is 0 Å². The number of nitrogens with one attached hydrogen (secondary N) is 2. The maximum absolute atomic E-state index is 12.1. The summed E-state index contributed by atoms with van der Waals surface area (Å²) < 4.78 is 5.32. The van der Waals surface area contributed by atoms with Crippen molar-refractivity contribution in [1.82, 2.24) is 15.4 Å². The van der Waals surface area contributed by atoms with Gasteiger partial charge in [0.2, 0.25) is 0 Å². The smallest absolute Gasteiger partial charge is 0.290 e. The maximum Gasteiger partial charge on any atom is 0.290 e. The summed E-state index contributed by atoms with van der Waals surface area (Å²) in [5.74, 6) is -0.304. The van der Waals surface area contributed by atoms with Crippen LogP contribution in [0.4, 0.5) is 5.13 Å². The van der Waals surface area contributed by atoms with Gasteiger partial charge in [0.25, 0.3) is 5.91 Å². The van der Waals surface area contributed by atoms with E-state index >= 15 is 0 Å². The first kappa shape index (κ1) is 15.7. The lowest BCUT2D eigenvalue weighted by atomic mass is 10.3. The van der Waals surface area contributed by atoms with E-state index in [2.05, 4.69) is 25.4 Å². The van der Waals surface area contributed by atoms with Gasteiger partial charge in [-0.05, 0) is 19.9 Å². The Hall–Kier alpha value is -2.19. The maximum atomic E-state index is 12.1. The molecule has 7 nitrogen and oxygen atoms in total. The largest absolute Gasteiger partial charge is 0.378 e. The molecule has 0 aliphatic carbocycles. The topological polar surface area (TPSA) is 82.6 Å². The zero-order valence-electron chi connectivity index (χ0n) is 13.1. The molecule has 0 radical (unpaired) electrons. The third-order valence-corrected chi connectivity index (χ3v) is 4.47. The highest BCUT2D eigenvalue weighted by Gasteiger charge is 2.17. The van der Waals surface area contributed by atoms with E-state index in [0.717, 1.165) is 35.2 Å². The minimum Gasteiger partial charge on any atom is -0.378 e. The van der Waals surface area contributed by atoms with E-state index in [1.165, 1.54) is 11.3 Å².